The van der Waals surface area contributed by atoms with Crippen molar-refractivity contribution in [2.75, 3.05) is 12.4 Å². The zero-order valence-electron chi connectivity index (χ0n) is 15.6. The normalized spacial score (nSPS) is 20.2. The van der Waals surface area contributed by atoms with Crippen molar-refractivity contribution in [2.24, 2.45) is 5.41 Å². The van der Waals surface area contributed by atoms with Crippen LogP contribution in [0.3, 0.4) is 0 Å². The van der Waals surface area contributed by atoms with Crippen molar-refractivity contribution in [3.8, 4) is 11.8 Å². The van der Waals surface area contributed by atoms with Gasteiger partial charge in [0.15, 0.2) is 5.13 Å². The van der Waals surface area contributed by atoms with Crippen LogP contribution in [0.4, 0.5) is 5.13 Å². The van der Waals surface area contributed by atoms with Crippen molar-refractivity contribution in [1.29, 1.82) is 5.26 Å². The van der Waals surface area contributed by atoms with Gasteiger partial charge in [0.1, 0.15) is 5.75 Å². The van der Waals surface area contributed by atoms with E-state index >= 15 is 0 Å². The first-order valence-corrected chi connectivity index (χ1v) is 9.81. The molecule has 1 N–H and O–H groups in total. The lowest BCUT2D eigenvalue weighted by atomic mass is 9.73. The van der Waals surface area contributed by atoms with E-state index in [9.17, 15) is 10.1 Å². The van der Waals surface area contributed by atoms with Crippen LogP contribution < -0.4 is 10.1 Å². The molecule has 0 spiro atoms. The maximum atomic E-state index is 13.3. The summed E-state index contributed by atoms with van der Waals surface area (Å²) in [5.74, 6) is 0.529. The monoisotopic (exact) mass is 389 g/mol. The van der Waals surface area contributed by atoms with E-state index < -0.39 is 5.41 Å². The van der Waals surface area contributed by atoms with Crippen LogP contribution in [0.2, 0.25) is 0 Å². The summed E-state index contributed by atoms with van der Waals surface area (Å²) >= 11 is 1.40. The summed E-state index contributed by atoms with van der Waals surface area (Å²) in [6.07, 6.45) is 2.27. The van der Waals surface area contributed by atoms with Gasteiger partial charge in [-0.15, -0.1) is 11.3 Å². The van der Waals surface area contributed by atoms with Crippen LogP contribution in [-0.4, -0.2) is 18.0 Å². The van der Waals surface area contributed by atoms with Crippen LogP contribution in [0.5, 0.6) is 5.75 Å². The molecule has 2 aromatic carbocycles. The van der Waals surface area contributed by atoms with Crippen molar-refractivity contribution in [2.45, 2.75) is 19.3 Å². The lowest BCUT2D eigenvalue weighted by molar-refractivity contribution is -0.125. The molecule has 1 amide bonds. The van der Waals surface area contributed by atoms with Crippen molar-refractivity contribution in [3.05, 3.63) is 76.3 Å². The Labute approximate surface area is 167 Å². The van der Waals surface area contributed by atoms with E-state index in [4.69, 9.17) is 4.74 Å². The number of benzene rings is 2. The fourth-order valence-electron chi connectivity index (χ4n) is 4.02. The predicted octanol–water partition coefficient (Wildman–Crippen LogP) is 4.36. The topological polar surface area (TPSA) is 75.0 Å². The quantitative estimate of drug-likeness (QED) is 0.719. The first-order chi connectivity index (χ1) is 13.5. The highest BCUT2D eigenvalue weighted by Crippen LogP contribution is 2.51. The zero-order chi connectivity index (χ0) is 19.7. The molecule has 140 valence electrons. The second-order valence-corrected chi connectivity index (χ2v) is 8.01. The SMILES string of the molecule is COc1ccc([C@H]2c3cc(C#N)ccc3C[C@@]2(C)C(=O)Nc2nccs2)cc1. The van der Waals surface area contributed by atoms with Crippen LogP contribution in [0.25, 0.3) is 0 Å². The number of methoxy groups -OCH3 is 1. The van der Waals surface area contributed by atoms with Gasteiger partial charge < -0.3 is 10.1 Å². The lowest BCUT2D eigenvalue weighted by Crippen LogP contribution is -2.37. The average Bonchev–Trinajstić information content (AvgIpc) is 3.33. The summed E-state index contributed by atoms with van der Waals surface area (Å²) in [7, 11) is 1.63. The van der Waals surface area contributed by atoms with Crippen molar-refractivity contribution in [1.82, 2.24) is 4.98 Å². The third-order valence-corrected chi connectivity index (χ3v) is 6.09. The van der Waals surface area contributed by atoms with Gasteiger partial charge in [-0.1, -0.05) is 18.2 Å². The van der Waals surface area contributed by atoms with Gasteiger partial charge >= 0.3 is 0 Å². The number of ether oxygens (including phenoxy) is 1. The summed E-state index contributed by atoms with van der Waals surface area (Å²) in [5.41, 5.74) is 3.04. The molecule has 1 aliphatic carbocycles. The van der Waals surface area contributed by atoms with Gasteiger partial charge in [0.05, 0.1) is 24.2 Å². The van der Waals surface area contributed by atoms with E-state index in [2.05, 4.69) is 16.4 Å². The van der Waals surface area contributed by atoms with Crippen LogP contribution in [0.15, 0.2) is 54.0 Å². The lowest BCUT2D eigenvalue weighted by Gasteiger charge is -2.31. The maximum absolute atomic E-state index is 13.3. The number of nitrogens with zero attached hydrogens (tertiary/aromatic N) is 2. The molecule has 1 aliphatic rings. The molecule has 0 unspecified atom stereocenters. The van der Waals surface area contributed by atoms with Gasteiger partial charge in [-0.25, -0.2) is 4.98 Å². The number of nitrogens with one attached hydrogen (secondary N) is 1. The summed E-state index contributed by atoms with van der Waals surface area (Å²) in [6, 6.07) is 15.7. The molecule has 0 aliphatic heterocycles. The van der Waals surface area contributed by atoms with Crippen LogP contribution in [0.1, 0.15) is 35.1 Å². The van der Waals surface area contributed by atoms with E-state index in [0.29, 0.717) is 17.1 Å². The highest BCUT2D eigenvalue weighted by molar-refractivity contribution is 7.13. The molecule has 3 aromatic rings. The molecule has 5 nitrogen and oxygen atoms in total. The molecule has 28 heavy (non-hydrogen) atoms. The molecule has 0 saturated carbocycles. The molecule has 1 aromatic heterocycles. The van der Waals surface area contributed by atoms with Gasteiger partial charge in [-0.2, -0.15) is 5.26 Å². The van der Waals surface area contributed by atoms with Gasteiger partial charge in [-0.3, -0.25) is 4.79 Å². The molecular weight excluding hydrogens is 370 g/mol. The summed E-state index contributed by atoms with van der Waals surface area (Å²) in [6.45, 7) is 1.98. The Morgan fingerprint density at radius 1 is 1.32 bits per heavy atom. The second kappa shape index (κ2) is 7.10. The van der Waals surface area contributed by atoms with Gasteiger partial charge in [0.2, 0.25) is 5.91 Å². The number of amides is 1. The molecule has 1 heterocycles. The smallest absolute Gasteiger partial charge is 0.233 e. The van der Waals surface area contributed by atoms with Gasteiger partial charge in [0.25, 0.3) is 0 Å². The molecular formula is C22H19N3O2S. The second-order valence-electron chi connectivity index (χ2n) is 7.12. The maximum Gasteiger partial charge on any atom is 0.233 e. The Morgan fingerprint density at radius 3 is 2.75 bits per heavy atom. The molecule has 4 rings (SSSR count). The Hall–Kier alpha value is -3.17. The number of aromatic nitrogens is 1. The third kappa shape index (κ3) is 3.04. The molecule has 2 atom stereocenters. The average molecular weight is 389 g/mol. The van der Waals surface area contributed by atoms with Crippen LogP contribution in [0, 0.1) is 16.7 Å². The fraction of sp³-hybridized carbons (Fsp3) is 0.227. The van der Waals surface area contributed by atoms with E-state index in [1.807, 2.05) is 54.8 Å². The highest BCUT2D eigenvalue weighted by atomic mass is 32.1. The first-order valence-electron chi connectivity index (χ1n) is 8.93. The first kappa shape index (κ1) is 18.2. The Bertz CT molecular complexity index is 1050. The molecule has 0 bridgehead atoms. The number of hydrogen-bond acceptors (Lipinski definition) is 5. The fourth-order valence-corrected chi connectivity index (χ4v) is 4.54. The Morgan fingerprint density at radius 2 is 2.11 bits per heavy atom. The largest absolute Gasteiger partial charge is 0.497 e. The van der Waals surface area contributed by atoms with Gasteiger partial charge in [0, 0.05) is 17.5 Å². The van der Waals surface area contributed by atoms with Crippen LogP contribution in [-0.2, 0) is 11.2 Å². The number of thiazole rings is 1. The number of anilines is 1. The van der Waals surface area contributed by atoms with Crippen molar-refractivity contribution < 1.29 is 9.53 Å². The summed E-state index contributed by atoms with van der Waals surface area (Å²) < 4.78 is 5.28. The van der Waals surface area contributed by atoms with E-state index in [1.54, 1.807) is 13.3 Å². The van der Waals surface area contributed by atoms with E-state index in [1.165, 1.54) is 11.3 Å². The minimum absolute atomic E-state index is 0.0713. The van der Waals surface area contributed by atoms with Crippen molar-refractivity contribution in [3.63, 3.8) is 0 Å². The molecule has 6 heteroatoms. The Kier molecular flexibility index (Phi) is 4.62. The number of nitriles is 1. The number of carbonyl (C=O) groups is 1. The number of fused-ring (bicyclic) bond motifs is 1. The molecule has 0 radical (unpaired) electrons. The van der Waals surface area contributed by atoms with E-state index in [0.717, 1.165) is 22.4 Å². The zero-order valence-corrected chi connectivity index (χ0v) is 16.4. The summed E-state index contributed by atoms with van der Waals surface area (Å²) in [4.78, 5) is 17.5. The van der Waals surface area contributed by atoms with Crippen LogP contribution >= 0.6 is 11.3 Å². The van der Waals surface area contributed by atoms with Gasteiger partial charge in [-0.05, 0) is 54.3 Å². The number of rotatable bonds is 4. The number of carbonyl (C=O) groups excluding carboxylic acids is 1. The highest BCUT2D eigenvalue weighted by Gasteiger charge is 2.49. The molecule has 0 fully saturated rings. The predicted molar refractivity (Wildman–Crippen MR) is 109 cm³/mol. The number of hydrogen-bond donors (Lipinski definition) is 1. The van der Waals surface area contributed by atoms with E-state index in [-0.39, 0.29) is 11.8 Å². The standard InChI is InChI=1S/C22H19N3O2S/c1-22(20(26)25-21-24-9-10-28-21)12-16-4-3-14(13-23)11-18(16)19(22)15-5-7-17(27-2)8-6-15/h3-11,19H,12H2,1-2H3,(H,24,25,26)/t19-,22+/m0/s1. The third-order valence-electron chi connectivity index (χ3n) is 5.40. The minimum atomic E-state index is -0.698. The van der Waals surface area contributed by atoms with Crippen molar-refractivity contribution >= 4 is 22.4 Å². The summed E-state index contributed by atoms with van der Waals surface area (Å²) in [5, 5.41) is 14.7. The Balaban J connectivity index is 1.80. The minimum Gasteiger partial charge on any atom is -0.497 e. The molecule has 0 saturated heterocycles.